The third-order valence-electron chi connectivity index (χ3n) is 2.34. The van der Waals surface area contributed by atoms with Crippen LogP contribution in [0.5, 0.6) is 0 Å². The van der Waals surface area contributed by atoms with Gasteiger partial charge < -0.3 is 0 Å². The van der Waals surface area contributed by atoms with E-state index in [1.54, 1.807) is 23.5 Å². The molecule has 0 saturated heterocycles. The van der Waals surface area contributed by atoms with Crippen molar-refractivity contribution in [3.8, 4) is 0 Å². The number of hydrogen-bond donors (Lipinski definition) is 0. The first-order valence-electron chi connectivity index (χ1n) is 5.86. The van der Waals surface area contributed by atoms with Gasteiger partial charge in [-0.05, 0) is 23.3 Å². The fourth-order valence-corrected chi connectivity index (χ4v) is 3.66. The molecule has 18 heavy (non-hydrogen) atoms. The van der Waals surface area contributed by atoms with Gasteiger partial charge in [0.15, 0.2) is 0 Å². The monoisotopic (exact) mass is 316 g/mol. The Kier molecular flexibility index (Phi) is 8.07. The highest BCUT2D eigenvalue weighted by Gasteiger charge is 2.01. The fraction of sp³-hybridized carbons (Fsp3) is 0.357. The molecule has 0 unspecified atom stereocenters. The Morgan fingerprint density at radius 1 is 1.28 bits per heavy atom. The second kappa shape index (κ2) is 9.03. The molecule has 1 aromatic carbocycles. The van der Waals surface area contributed by atoms with Gasteiger partial charge >= 0.3 is 0 Å². The number of unbranched alkanes of at least 4 members (excludes halogenated alkanes) is 1. The van der Waals surface area contributed by atoms with Crippen LogP contribution in [0.15, 0.2) is 30.8 Å². The largest absolute Gasteiger partial charge is 0.108 e. The lowest BCUT2D eigenvalue weighted by Crippen LogP contribution is -1.88. The smallest absolute Gasteiger partial charge is 0.104 e. The summed E-state index contributed by atoms with van der Waals surface area (Å²) in [4.78, 5) is 0. The summed E-state index contributed by atoms with van der Waals surface area (Å²) >= 11 is 14.7. The lowest BCUT2D eigenvalue weighted by atomic mass is 10.1. The first kappa shape index (κ1) is 16.1. The van der Waals surface area contributed by atoms with Gasteiger partial charge in [-0.25, -0.2) is 0 Å². The molecular weight excluding hydrogens is 300 g/mol. The van der Waals surface area contributed by atoms with Gasteiger partial charge in [-0.3, -0.25) is 0 Å². The van der Waals surface area contributed by atoms with Crippen molar-refractivity contribution in [1.29, 1.82) is 0 Å². The Labute approximate surface area is 129 Å². The van der Waals surface area contributed by atoms with Gasteiger partial charge in [0.25, 0.3) is 0 Å². The van der Waals surface area contributed by atoms with Crippen LogP contribution in [0.1, 0.15) is 30.9 Å². The van der Waals surface area contributed by atoms with E-state index in [-0.39, 0.29) is 0 Å². The average molecular weight is 317 g/mol. The summed E-state index contributed by atoms with van der Waals surface area (Å²) in [5, 5.41) is 0.583. The second-order valence-corrected chi connectivity index (χ2v) is 7.57. The van der Waals surface area contributed by atoms with Gasteiger partial charge in [0.1, 0.15) is 3.53 Å². The number of thioether (sulfide) groups is 2. The maximum absolute atomic E-state index is 5.83. The van der Waals surface area contributed by atoms with E-state index < -0.39 is 0 Å². The number of halogens is 1. The molecule has 1 rings (SSSR count). The van der Waals surface area contributed by atoms with Crippen LogP contribution in [0.3, 0.4) is 0 Å². The van der Waals surface area contributed by atoms with Gasteiger partial charge in [-0.2, -0.15) is 0 Å². The van der Waals surface area contributed by atoms with Crippen LogP contribution in [0, 0.1) is 0 Å². The first-order chi connectivity index (χ1) is 8.63. The van der Waals surface area contributed by atoms with E-state index in [1.165, 1.54) is 18.4 Å². The highest BCUT2D eigenvalue weighted by atomic mass is 35.5. The van der Waals surface area contributed by atoms with Crippen LogP contribution in [0.25, 0.3) is 5.03 Å². The van der Waals surface area contributed by atoms with E-state index in [0.29, 0.717) is 5.03 Å². The number of hydrogen-bond acceptors (Lipinski definition) is 3. The lowest BCUT2D eigenvalue weighted by Gasteiger charge is -2.04. The lowest BCUT2D eigenvalue weighted by molar-refractivity contribution is 0.898. The predicted molar refractivity (Wildman–Crippen MR) is 92.6 cm³/mol. The zero-order chi connectivity index (χ0) is 13.4. The zero-order valence-corrected chi connectivity index (χ0v) is 13.7. The van der Waals surface area contributed by atoms with Gasteiger partial charge in [0.2, 0.25) is 0 Å². The van der Waals surface area contributed by atoms with Crippen molar-refractivity contribution >= 4 is 55.9 Å². The molecule has 0 spiro atoms. The van der Waals surface area contributed by atoms with Crippen molar-refractivity contribution in [1.82, 2.24) is 0 Å². The molecule has 1 aromatic rings. The van der Waals surface area contributed by atoms with Crippen LogP contribution in [-0.4, -0.2) is 9.28 Å². The Bertz CT molecular complexity index is 398. The van der Waals surface area contributed by atoms with Crippen molar-refractivity contribution in [3.05, 3.63) is 42.0 Å². The van der Waals surface area contributed by atoms with Crippen molar-refractivity contribution in [2.24, 2.45) is 0 Å². The maximum atomic E-state index is 5.83. The number of thiocarbonyl (C=S) groups is 1. The van der Waals surface area contributed by atoms with Gasteiger partial charge in [-0.1, -0.05) is 68.0 Å². The second-order valence-electron chi connectivity index (χ2n) is 3.84. The highest BCUT2D eigenvalue weighted by molar-refractivity contribution is 8.46. The van der Waals surface area contributed by atoms with E-state index in [9.17, 15) is 0 Å². The zero-order valence-electron chi connectivity index (χ0n) is 10.4. The third kappa shape index (κ3) is 6.28. The van der Waals surface area contributed by atoms with Crippen LogP contribution >= 0.6 is 47.3 Å². The van der Waals surface area contributed by atoms with Crippen LogP contribution in [0.4, 0.5) is 0 Å². The molecule has 0 amide bonds. The Morgan fingerprint density at radius 3 is 2.50 bits per heavy atom. The molecule has 0 saturated carbocycles. The topological polar surface area (TPSA) is 0 Å². The summed E-state index contributed by atoms with van der Waals surface area (Å²) < 4.78 is 1.04. The summed E-state index contributed by atoms with van der Waals surface area (Å²) in [6, 6.07) is 8.15. The average Bonchev–Trinajstić information content (AvgIpc) is 2.37. The molecule has 0 aliphatic carbocycles. The number of benzene rings is 1. The summed E-state index contributed by atoms with van der Waals surface area (Å²) in [6.45, 7) is 5.90. The van der Waals surface area contributed by atoms with E-state index in [1.807, 2.05) is 12.1 Å². The molecule has 0 radical (unpaired) electrons. The highest BCUT2D eigenvalue weighted by Crippen LogP contribution is 2.24. The minimum absolute atomic E-state index is 0.583. The molecule has 0 aliphatic rings. The van der Waals surface area contributed by atoms with Crippen molar-refractivity contribution in [2.75, 3.05) is 5.75 Å². The molecule has 0 atom stereocenters. The molecule has 0 nitrogen and oxygen atoms in total. The predicted octanol–water partition coefficient (Wildman–Crippen LogP) is 5.95. The van der Waals surface area contributed by atoms with E-state index >= 15 is 0 Å². The molecule has 0 fully saturated rings. The molecular formula is C14H17ClS3. The minimum Gasteiger partial charge on any atom is -0.108 e. The summed E-state index contributed by atoms with van der Waals surface area (Å²) in [5.74, 6) is 2.06. The Balaban J connectivity index is 2.34. The first-order valence-corrected chi connectivity index (χ1v) is 8.62. The Hall–Kier alpha value is 0.0400. The molecule has 0 aliphatic heterocycles. The van der Waals surface area contributed by atoms with Crippen molar-refractivity contribution < 1.29 is 0 Å². The molecule has 98 valence electrons. The van der Waals surface area contributed by atoms with Crippen LogP contribution in [-0.2, 0) is 5.75 Å². The van der Waals surface area contributed by atoms with E-state index in [2.05, 4.69) is 25.6 Å². The molecule has 0 heterocycles. The van der Waals surface area contributed by atoms with Gasteiger partial charge in [0, 0.05) is 10.8 Å². The normalized spacial score (nSPS) is 10.3. The molecule has 0 aromatic heterocycles. The fourth-order valence-electron chi connectivity index (χ4n) is 1.27. The van der Waals surface area contributed by atoms with Crippen molar-refractivity contribution in [2.45, 2.75) is 25.5 Å². The maximum Gasteiger partial charge on any atom is 0.104 e. The van der Waals surface area contributed by atoms with E-state index in [4.69, 9.17) is 23.8 Å². The molecule has 4 heteroatoms. The number of rotatable bonds is 6. The van der Waals surface area contributed by atoms with Crippen LogP contribution in [0.2, 0.25) is 0 Å². The van der Waals surface area contributed by atoms with Crippen molar-refractivity contribution in [3.63, 3.8) is 0 Å². The standard InChI is InChI=1S/C14H17ClS3/c1-3-4-9-17-14(16)18-10-12-5-7-13(8-6-12)11(2)15/h5-8H,2-4,9-10H2,1H3. The quantitative estimate of drug-likeness (QED) is 0.470. The third-order valence-corrected chi connectivity index (χ3v) is 5.42. The van der Waals surface area contributed by atoms with Crippen LogP contribution < -0.4 is 0 Å². The summed E-state index contributed by atoms with van der Waals surface area (Å²) in [5.41, 5.74) is 2.24. The summed E-state index contributed by atoms with van der Waals surface area (Å²) in [6.07, 6.45) is 2.46. The minimum atomic E-state index is 0.583. The molecule has 0 bridgehead atoms. The SMILES string of the molecule is C=C(Cl)c1ccc(CSC(=S)SCCCC)cc1. The Morgan fingerprint density at radius 2 is 1.94 bits per heavy atom. The summed E-state index contributed by atoms with van der Waals surface area (Å²) in [7, 11) is 0. The van der Waals surface area contributed by atoms with Gasteiger partial charge in [0.05, 0.1) is 0 Å². The van der Waals surface area contributed by atoms with E-state index in [0.717, 1.165) is 20.6 Å². The van der Waals surface area contributed by atoms with Gasteiger partial charge in [-0.15, -0.1) is 23.5 Å². The molecule has 0 N–H and O–H groups in total.